The first-order valence-corrected chi connectivity index (χ1v) is 10.5. The molecule has 7 nitrogen and oxygen atoms in total. The Labute approximate surface area is 189 Å². The molecule has 0 bridgehead atoms. The van der Waals surface area contributed by atoms with Crippen molar-refractivity contribution in [2.75, 3.05) is 25.5 Å². The molecular formula is C23H22ClFN4O3. The monoisotopic (exact) mass is 456 g/mol. The minimum absolute atomic E-state index is 0.0142. The highest BCUT2D eigenvalue weighted by Gasteiger charge is 2.24. The lowest BCUT2D eigenvalue weighted by atomic mass is 10.1. The zero-order valence-electron chi connectivity index (χ0n) is 17.5. The summed E-state index contributed by atoms with van der Waals surface area (Å²) in [5, 5.41) is 3.88. The number of nitrogens with zero attached hydrogens (tertiary/aromatic N) is 3. The summed E-state index contributed by atoms with van der Waals surface area (Å²) in [4.78, 5) is 22.2. The lowest BCUT2D eigenvalue weighted by Gasteiger charge is -2.31. The molecule has 1 amide bonds. The van der Waals surface area contributed by atoms with Crippen molar-refractivity contribution in [3.8, 4) is 11.5 Å². The molecule has 0 saturated carbocycles. The summed E-state index contributed by atoms with van der Waals surface area (Å²) in [7, 11) is 1.57. The van der Waals surface area contributed by atoms with E-state index in [-0.39, 0.29) is 17.0 Å². The SMILES string of the molecule is C=CC(=O)N1CCC(Oc2cc3c(Nc4ccc(F)c(Cl)c4)ncnc3cc2OC)CC1. The topological polar surface area (TPSA) is 76.6 Å². The Morgan fingerprint density at radius 2 is 2.03 bits per heavy atom. The van der Waals surface area contributed by atoms with Gasteiger partial charge in [0, 0.05) is 43.1 Å². The van der Waals surface area contributed by atoms with Crippen molar-refractivity contribution in [1.82, 2.24) is 14.9 Å². The normalized spacial score (nSPS) is 14.3. The van der Waals surface area contributed by atoms with Crippen molar-refractivity contribution in [1.29, 1.82) is 0 Å². The van der Waals surface area contributed by atoms with Crippen LogP contribution in [0.4, 0.5) is 15.9 Å². The number of hydrogen-bond acceptors (Lipinski definition) is 6. The number of halogens is 2. The molecular weight excluding hydrogens is 435 g/mol. The second-order valence-electron chi connectivity index (χ2n) is 7.34. The van der Waals surface area contributed by atoms with Gasteiger partial charge in [-0.3, -0.25) is 4.79 Å². The molecule has 2 heterocycles. The van der Waals surface area contributed by atoms with Gasteiger partial charge in [-0.1, -0.05) is 18.2 Å². The molecule has 0 aliphatic carbocycles. The smallest absolute Gasteiger partial charge is 0.245 e. The van der Waals surface area contributed by atoms with Crippen LogP contribution in [0.1, 0.15) is 12.8 Å². The number of fused-ring (bicyclic) bond motifs is 1. The van der Waals surface area contributed by atoms with E-state index in [0.29, 0.717) is 59.8 Å². The van der Waals surface area contributed by atoms with Crippen molar-refractivity contribution in [3.63, 3.8) is 0 Å². The van der Waals surface area contributed by atoms with Gasteiger partial charge in [-0.05, 0) is 30.3 Å². The minimum atomic E-state index is -0.494. The van der Waals surface area contributed by atoms with E-state index in [1.807, 2.05) is 6.07 Å². The molecule has 1 fully saturated rings. The van der Waals surface area contributed by atoms with Crippen LogP contribution in [-0.2, 0) is 4.79 Å². The second kappa shape index (κ2) is 9.40. The van der Waals surface area contributed by atoms with Crippen molar-refractivity contribution in [2.45, 2.75) is 18.9 Å². The molecule has 3 aromatic rings. The first kappa shape index (κ1) is 21.8. The van der Waals surface area contributed by atoms with Crippen LogP contribution >= 0.6 is 11.6 Å². The molecule has 1 aromatic heterocycles. The third-order valence-electron chi connectivity index (χ3n) is 5.32. The number of benzene rings is 2. The van der Waals surface area contributed by atoms with E-state index in [9.17, 15) is 9.18 Å². The van der Waals surface area contributed by atoms with Gasteiger partial charge in [0.25, 0.3) is 0 Å². The van der Waals surface area contributed by atoms with E-state index in [2.05, 4.69) is 21.9 Å². The number of ether oxygens (including phenoxy) is 2. The molecule has 1 saturated heterocycles. The third kappa shape index (κ3) is 4.60. The van der Waals surface area contributed by atoms with Crippen molar-refractivity contribution in [2.24, 2.45) is 0 Å². The number of hydrogen-bond donors (Lipinski definition) is 1. The number of amides is 1. The van der Waals surface area contributed by atoms with Gasteiger partial charge in [0.05, 0.1) is 17.6 Å². The van der Waals surface area contributed by atoms with Gasteiger partial charge in [-0.15, -0.1) is 0 Å². The van der Waals surface area contributed by atoms with E-state index in [1.165, 1.54) is 24.5 Å². The third-order valence-corrected chi connectivity index (χ3v) is 5.61. The Kier molecular flexibility index (Phi) is 6.41. The Morgan fingerprint density at radius 3 is 2.72 bits per heavy atom. The van der Waals surface area contributed by atoms with Crippen LogP contribution < -0.4 is 14.8 Å². The highest BCUT2D eigenvalue weighted by molar-refractivity contribution is 6.31. The van der Waals surface area contributed by atoms with Crippen LogP contribution in [0.5, 0.6) is 11.5 Å². The molecule has 2 aromatic carbocycles. The summed E-state index contributed by atoms with van der Waals surface area (Å²) in [5.41, 5.74) is 1.25. The molecule has 1 aliphatic heterocycles. The van der Waals surface area contributed by atoms with Gasteiger partial charge in [-0.2, -0.15) is 0 Å². The molecule has 0 spiro atoms. The average molecular weight is 457 g/mol. The van der Waals surface area contributed by atoms with E-state index in [1.54, 1.807) is 24.1 Å². The number of nitrogens with one attached hydrogen (secondary N) is 1. The van der Waals surface area contributed by atoms with E-state index >= 15 is 0 Å². The number of carbonyl (C=O) groups excluding carboxylic acids is 1. The van der Waals surface area contributed by atoms with Gasteiger partial charge >= 0.3 is 0 Å². The molecule has 32 heavy (non-hydrogen) atoms. The summed E-state index contributed by atoms with van der Waals surface area (Å²) in [6.07, 6.45) is 4.10. The zero-order chi connectivity index (χ0) is 22.7. The van der Waals surface area contributed by atoms with E-state index in [4.69, 9.17) is 21.1 Å². The minimum Gasteiger partial charge on any atom is -0.493 e. The van der Waals surface area contributed by atoms with Crippen molar-refractivity contribution >= 4 is 39.9 Å². The van der Waals surface area contributed by atoms with Crippen LogP contribution in [0, 0.1) is 5.82 Å². The highest BCUT2D eigenvalue weighted by Crippen LogP contribution is 2.36. The zero-order valence-corrected chi connectivity index (χ0v) is 18.2. The number of anilines is 2. The van der Waals surface area contributed by atoms with Crippen molar-refractivity contribution < 1.29 is 18.7 Å². The second-order valence-corrected chi connectivity index (χ2v) is 7.75. The maximum absolute atomic E-state index is 13.5. The molecule has 0 radical (unpaired) electrons. The average Bonchev–Trinajstić information content (AvgIpc) is 2.81. The number of methoxy groups -OCH3 is 1. The molecule has 1 N–H and O–H groups in total. The molecule has 1 aliphatic rings. The van der Waals surface area contributed by atoms with Gasteiger partial charge in [0.15, 0.2) is 11.5 Å². The Morgan fingerprint density at radius 1 is 1.25 bits per heavy atom. The fraction of sp³-hybridized carbons (Fsp3) is 0.261. The van der Waals surface area contributed by atoms with Crippen LogP contribution in [0.3, 0.4) is 0 Å². The summed E-state index contributed by atoms with van der Waals surface area (Å²) < 4.78 is 25.3. The highest BCUT2D eigenvalue weighted by atomic mass is 35.5. The van der Waals surface area contributed by atoms with Crippen LogP contribution in [0.2, 0.25) is 5.02 Å². The maximum atomic E-state index is 13.5. The first-order valence-electron chi connectivity index (χ1n) is 10.1. The Bertz CT molecular complexity index is 1170. The number of piperidine rings is 1. The Balaban J connectivity index is 1.60. The van der Waals surface area contributed by atoms with Crippen LogP contribution in [0.15, 0.2) is 49.3 Å². The predicted molar refractivity (Wildman–Crippen MR) is 121 cm³/mol. The standard InChI is InChI=1S/C23H22ClFN4O3/c1-3-22(30)29-8-6-15(7-9-29)32-21-11-16-19(12-20(21)31-2)26-13-27-23(16)28-14-4-5-18(25)17(24)10-14/h3-5,10-13,15H,1,6-9H2,2H3,(H,26,27,28). The van der Waals surface area contributed by atoms with E-state index < -0.39 is 5.82 Å². The Hall–Kier alpha value is -3.39. The van der Waals surface area contributed by atoms with Gasteiger partial charge in [0.1, 0.15) is 24.1 Å². The number of likely N-dealkylation sites (tertiary alicyclic amines) is 1. The van der Waals surface area contributed by atoms with Gasteiger partial charge < -0.3 is 19.7 Å². The molecule has 9 heteroatoms. The van der Waals surface area contributed by atoms with E-state index in [0.717, 1.165) is 0 Å². The lowest BCUT2D eigenvalue weighted by Crippen LogP contribution is -2.41. The van der Waals surface area contributed by atoms with Gasteiger partial charge in [0.2, 0.25) is 5.91 Å². The van der Waals surface area contributed by atoms with Crippen molar-refractivity contribution in [3.05, 3.63) is 60.2 Å². The van der Waals surface area contributed by atoms with Crippen LogP contribution in [0.25, 0.3) is 10.9 Å². The summed E-state index contributed by atoms with van der Waals surface area (Å²) in [6.45, 7) is 4.75. The van der Waals surface area contributed by atoms with Crippen LogP contribution in [-0.4, -0.2) is 47.1 Å². The molecule has 0 atom stereocenters. The quantitative estimate of drug-likeness (QED) is 0.540. The number of carbonyl (C=O) groups is 1. The summed E-state index contributed by atoms with van der Waals surface area (Å²) in [6, 6.07) is 7.96. The fourth-order valence-corrected chi connectivity index (χ4v) is 3.81. The summed E-state index contributed by atoms with van der Waals surface area (Å²) in [5.74, 6) is 1.07. The fourth-order valence-electron chi connectivity index (χ4n) is 3.63. The lowest BCUT2D eigenvalue weighted by molar-refractivity contribution is -0.127. The maximum Gasteiger partial charge on any atom is 0.245 e. The van der Waals surface area contributed by atoms with Gasteiger partial charge in [-0.25, -0.2) is 14.4 Å². The predicted octanol–water partition coefficient (Wildman–Crippen LogP) is 4.73. The largest absolute Gasteiger partial charge is 0.493 e. The summed E-state index contributed by atoms with van der Waals surface area (Å²) >= 11 is 5.90. The molecule has 166 valence electrons. The number of rotatable bonds is 6. The molecule has 0 unspecified atom stereocenters. The number of aromatic nitrogens is 2. The molecule has 4 rings (SSSR count). The first-order chi connectivity index (χ1) is 15.5.